The van der Waals surface area contributed by atoms with Crippen LogP contribution < -0.4 is 10.6 Å². The summed E-state index contributed by atoms with van der Waals surface area (Å²) < 4.78 is 0. The molecule has 0 radical (unpaired) electrons. The maximum Gasteiger partial charge on any atom is 0.291 e. The lowest BCUT2D eigenvalue weighted by Crippen LogP contribution is -2.36. The molecule has 0 saturated heterocycles. The molecule has 0 aromatic heterocycles. The second kappa shape index (κ2) is 5.96. The molecule has 0 amide bonds. The number of hydrogen-bond acceptors (Lipinski definition) is 5. The highest BCUT2D eigenvalue weighted by Gasteiger charge is 2.33. The number of hydrogen-bond donors (Lipinski definition) is 2. The van der Waals surface area contributed by atoms with Gasteiger partial charge in [-0.1, -0.05) is 42.5 Å². The number of aliphatic imine (C=N–C) groups is 1. The van der Waals surface area contributed by atoms with E-state index >= 15 is 0 Å². The molecule has 1 atom stereocenters. The highest BCUT2D eigenvalue weighted by Crippen LogP contribution is 2.39. The first-order chi connectivity index (χ1) is 11.1. The van der Waals surface area contributed by atoms with Crippen molar-refractivity contribution in [2.75, 3.05) is 11.4 Å². The van der Waals surface area contributed by atoms with Crippen LogP contribution in [0.4, 0.5) is 5.69 Å². The predicted molar refractivity (Wildman–Crippen MR) is 86.2 cm³/mol. The van der Waals surface area contributed by atoms with E-state index in [0.717, 1.165) is 13.0 Å². The Labute approximate surface area is 132 Å². The van der Waals surface area contributed by atoms with Crippen molar-refractivity contribution < 1.29 is 10.3 Å². The van der Waals surface area contributed by atoms with Gasteiger partial charge in [-0.15, -0.1) is 10.1 Å². The van der Waals surface area contributed by atoms with Crippen molar-refractivity contribution in [2.24, 2.45) is 10.7 Å². The molecule has 0 aliphatic carbocycles. The Balaban J connectivity index is 0.000000354. The zero-order chi connectivity index (χ0) is 16.4. The Kier molecular flexibility index (Phi) is 3.84. The van der Waals surface area contributed by atoms with E-state index in [1.54, 1.807) is 0 Å². The summed E-state index contributed by atoms with van der Waals surface area (Å²) in [7, 11) is 0. The molecule has 118 valence electrons. The zero-order valence-electron chi connectivity index (χ0n) is 12.3. The summed E-state index contributed by atoms with van der Waals surface area (Å²) in [6.07, 6.45) is 0.965. The molecule has 2 heterocycles. The average Bonchev–Trinajstić information content (AvgIpc) is 2.83. The van der Waals surface area contributed by atoms with Crippen molar-refractivity contribution in [1.29, 1.82) is 0 Å². The third-order valence-electron chi connectivity index (χ3n) is 4.03. The number of rotatable bonds is 0. The molecule has 2 aromatic carbocycles. The van der Waals surface area contributed by atoms with Crippen LogP contribution in [0.25, 0.3) is 0 Å². The van der Waals surface area contributed by atoms with E-state index in [0.29, 0.717) is 5.96 Å². The van der Waals surface area contributed by atoms with Gasteiger partial charge in [0, 0.05) is 5.69 Å². The van der Waals surface area contributed by atoms with Crippen LogP contribution >= 0.6 is 0 Å². The molecular weight excluding hydrogens is 296 g/mol. The van der Waals surface area contributed by atoms with Crippen LogP contribution in [0, 0.1) is 10.1 Å². The van der Waals surface area contributed by atoms with Crippen LogP contribution in [-0.4, -0.2) is 22.8 Å². The van der Waals surface area contributed by atoms with Gasteiger partial charge in [-0.3, -0.25) is 4.99 Å². The fraction of sp³-hybridized carbons (Fsp3) is 0.188. The number of benzene rings is 2. The lowest BCUT2D eigenvalue weighted by molar-refractivity contribution is -0.742. The number of nitrogens with two attached hydrogens (primary N) is 1. The van der Waals surface area contributed by atoms with Crippen LogP contribution in [0.5, 0.6) is 0 Å². The van der Waals surface area contributed by atoms with Gasteiger partial charge in [-0.2, -0.15) is 0 Å². The predicted octanol–water partition coefficient (Wildman–Crippen LogP) is 2.12. The van der Waals surface area contributed by atoms with E-state index in [2.05, 4.69) is 58.4 Å². The molecule has 4 rings (SSSR count). The molecule has 0 fully saturated rings. The van der Waals surface area contributed by atoms with Crippen molar-refractivity contribution in [3.8, 4) is 0 Å². The molecule has 2 aromatic rings. The maximum atomic E-state index is 8.36. The number of guanidine groups is 1. The molecule has 3 N–H and O–H groups in total. The topological polar surface area (TPSA) is 105 Å². The minimum atomic E-state index is -1.50. The van der Waals surface area contributed by atoms with Gasteiger partial charge in [0.25, 0.3) is 5.09 Å². The van der Waals surface area contributed by atoms with Crippen LogP contribution in [0.15, 0.2) is 53.5 Å². The van der Waals surface area contributed by atoms with Crippen molar-refractivity contribution in [1.82, 2.24) is 0 Å². The van der Waals surface area contributed by atoms with E-state index in [9.17, 15) is 0 Å². The van der Waals surface area contributed by atoms with Gasteiger partial charge in [0.1, 0.15) is 0 Å². The molecule has 7 heteroatoms. The summed E-state index contributed by atoms with van der Waals surface area (Å²) in [5, 5.41) is 13.6. The second-order valence-electron chi connectivity index (χ2n) is 5.33. The minimum absolute atomic E-state index is 0.250. The summed E-state index contributed by atoms with van der Waals surface area (Å²) in [5.41, 5.74) is 11.4. The summed E-state index contributed by atoms with van der Waals surface area (Å²) in [6, 6.07) is 17.3. The van der Waals surface area contributed by atoms with E-state index in [4.69, 9.17) is 21.1 Å². The van der Waals surface area contributed by atoms with Gasteiger partial charge in [-0.05, 0) is 29.2 Å². The standard InChI is InChI=1S/C16H15N3.HNO3/c17-16-18-10-15-13-7-3-1-5-11(13)9-12-6-2-4-8-14(12)19(15)16;2-1(3)4/h1-8,15H,9-10H2,(H2,17,18);(H,2,3,4). The van der Waals surface area contributed by atoms with Gasteiger partial charge in [0.05, 0.1) is 12.6 Å². The second-order valence-corrected chi connectivity index (χ2v) is 5.33. The fourth-order valence-corrected chi connectivity index (χ4v) is 3.15. The highest BCUT2D eigenvalue weighted by atomic mass is 16.9. The summed E-state index contributed by atoms with van der Waals surface area (Å²) in [5.74, 6) is 0.633. The molecule has 7 nitrogen and oxygen atoms in total. The van der Waals surface area contributed by atoms with Crippen LogP contribution in [0.3, 0.4) is 0 Å². The van der Waals surface area contributed by atoms with Crippen molar-refractivity contribution in [2.45, 2.75) is 12.5 Å². The van der Waals surface area contributed by atoms with Gasteiger partial charge in [0.15, 0.2) is 5.96 Å². The zero-order valence-corrected chi connectivity index (χ0v) is 12.3. The van der Waals surface area contributed by atoms with Gasteiger partial charge >= 0.3 is 0 Å². The molecule has 0 spiro atoms. The smallest absolute Gasteiger partial charge is 0.291 e. The first-order valence-electron chi connectivity index (χ1n) is 7.16. The maximum absolute atomic E-state index is 8.36. The van der Waals surface area contributed by atoms with Gasteiger partial charge < -0.3 is 15.8 Å². The SMILES string of the molecule is NC1=NCC2c3ccccc3Cc3ccccc3N12.O=[N+]([O-])O. The van der Waals surface area contributed by atoms with Crippen molar-refractivity contribution in [3.63, 3.8) is 0 Å². The first-order valence-corrected chi connectivity index (χ1v) is 7.16. The largest absolute Gasteiger partial charge is 0.369 e. The van der Waals surface area contributed by atoms with Gasteiger partial charge in [0.2, 0.25) is 0 Å². The monoisotopic (exact) mass is 312 g/mol. The highest BCUT2D eigenvalue weighted by molar-refractivity contribution is 5.98. The lowest BCUT2D eigenvalue weighted by atomic mass is 9.97. The van der Waals surface area contributed by atoms with E-state index < -0.39 is 5.09 Å². The lowest BCUT2D eigenvalue weighted by Gasteiger charge is -2.26. The molecular formula is C16H16N4O3. The average molecular weight is 312 g/mol. The summed E-state index contributed by atoms with van der Waals surface area (Å²) >= 11 is 0. The Morgan fingerprint density at radius 2 is 1.78 bits per heavy atom. The first kappa shape index (κ1) is 14.8. The van der Waals surface area contributed by atoms with Crippen LogP contribution in [0.1, 0.15) is 22.7 Å². The van der Waals surface area contributed by atoms with Crippen LogP contribution in [0.2, 0.25) is 0 Å². The number of anilines is 1. The normalized spacial score (nSPS) is 17.7. The molecule has 23 heavy (non-hydrogen) atoms. The number of para-hydroxylation sites is 1. The van der Waals surface area contributed by atoms with Crippen molar-refractivity contribution >= 4 is 11.6 Å². The molecule has 2 aliphatic rings. The summed E-state index contributed by atoms with van der Waals surface area (Å²) in [4.78, 5) is 15.0. The van der Waals surface area contributed by atoms with E-state index in [1.807, 2.05) is 0 Å². The minimum Gasteiger partial charge on any atom is -0.369 e. The van der Waals surface area contributed by atoms with Crippen molar-refractivity contribution in [3.05, 3.63) is 75.3 Å². The third-order valence-corrected chi connectivity index (χ3v) is 4.03. The Morgan fingerprint density at radius 3 is 2.52 bits per heavy atom. The van der Waals surface area contributed by atoms with Gasteiger partial charge in [-0.25, -0.2) is 0 Å². The molecule has 0 bridgehead atoms. The third kappa shape index (κ3) is 2.80. The molecule has 1 unspecified atom stereocenters. The van der Waals surface area contributed by atoms with E-state index in [1.165, 1.54) is 22.4 Å². The quantitative estimate of drug-likeness (QED) is 0.572. The van der Waals surface area contributed by atoms with Crippen LogP contribution in [-0.2, 0) is 6.42 Å². The molecule has 2 aliphatic heterocycles. The number of nitrogens with zero attached hydrogens (tertiary/aromatic N) is 3. The Hall–Kier alpha value is -3.09. The fourth-order valence-electron chi connectivity index (χ4n) is 3.15. The molecule has 0 saturated carbocycles. The Morgan fingerprint density at radius 1 is 1.17 bits per heavy atom. The van der Waals surface area contributed by atoms with E-state index in [-0.39, 0.29) is 6.04 Å². The summed E-state index contributed by atoms with van der Waals surface area (Å²) in [6.45, 7) is 0.747. The Bertz CT molecular complexity index is 771. The number of fused-ring (bicyclic) bond motifs is 5.